The zero-order valence-electron chi connectivity index (χ0n) is 40.3. The summed E-state index contributed by atoms with van der Waals surface area (Å²) in [5.41, 5.74) is 8.67. The first-order chi connectivity index (χ1) is 32.0. The summed E-state index contributed by atoms with van der Waals surface area (Å²) in [6.45, 7) is 8.56. The maximum absolute atomic E-state index is 3.49. The molecule has 0 atom stereocenters. The van der Waals surface area contributed by atoms with Gasteiger partial charge in [0, 0.05) is 0 Å². The molecule has 0 N–H and O–H groups in total. The Morgan fingerprint density at radius 3 is 1.09 bits per heavy atom. The summed E-state index contributed by atoms with van der Waals surface area (Å²) in [4.78, 5) is 0. The molecule has 0 unspecified atom stereocenters. The molecule has 8 aromatic rings. The number of benzene rings is 6. The fraction of sp³-hybridized carbons (Fsp3) is 0.375. The number of hydrogen-bond donors (Lipinski definition) is 0. The summed E-state index contributed by atoms with van der Waals surface area (Å²) in [7, 11) is 0. The molecule has 8 fully saturated rings. The maximum atomic E-state index is 3.49. The number of fused-ring (bicyclic) bond motifs is 4. The van der Waals surface area contributed by atoms with E-state index in [1.54, 1.807) is 24.0 Å². The minimum Gasteiger partial charge on any atom is -0.164 e. The van der Waals surface area contributed by atoms with Gasteiger partial charge in [0.05, 0.1) is 0 Å². The van der Waals surface area contributed by atoms with Gasteiger partial charge in [-0.25, -0.2) is 0 Å². The predicted molar refractivity (Wildman–Crippen MR) is 296 cm³/mol. The van der Waals surface area contributed by atoms with Crippen molar-refractivity contribution in [2.45, 2.75) is 90.4 Å². The van der Waals surface area contributed by atoms with Gasteiger partial charge in [0.25, 0.3) is 0 Å². The van der Waals surface area contributed by atoms with E-state index in [2.05, 4.69) is 159 Å². The monoisotopic (exact) mass is 1030 g/mol. The second kappa shape index (κ2) is 22.4. The van der Waals surface area contributed by atoms with Gasteiger partial charge in [-0.1, -0.05) is 115 Å². The standard InChI is InChI=1S/2C30H29.C3H7.CH3.2ClH.Si.Zr/c2*1-2-8-26-22(5-1)6-3-9-27(26)28-10-4-7-23-12-21(18-30(23)28)17-29-24-13-19-11-20(15-24)16-25(29)14-19;1-3-2;;;;;/h2*1-10,12,18-20,24-25,29H,11,13-17H2;1,3H2,2H3;1H3;2*1H;;/q4*-1;;;;. The quantitative estimate of drug-likeness (QED) is 0.115. The van der Waals surface area contributed by atoms with E-state index in [-0.39, 0.29) is 32.2 Å². The SMILES string of the molecule is Cl.Cl.[CH2-]CC.[CH3-].[Si]=[Zr].c1ccc2c(-c3cccc4[cH-]c(CC5C6CC7CC(C6)CC5C7)cc34)cccc2c1.c1ccc2c(-c3cccc4[cH-]c(CC5C6CC7CC(C6)CC5C7)cc34)cccc2c1. The van der Waals surface area contributed by atoms with Gasteiger partial charge in [0.15, 0.2) is 0 Å². The van der Waals surface area contributed by atoms with Crippen LogP contribution < -0.4 is 0 Å². The summed E-state index contributed by atoms with van der Waals surface area (Å²) in [6, 6.07) is 54.8. The van der Waals surface area contributed by atoms with Gasteiger partial charge in [-0.3, -0.25) is 0 Å². The van der Waals surface area contributed by atoms with Crippen molar-refractivity contribution in [2.24, 2.45) is 59.2 Å². The number of halogens is 2. The average molecular weight is 1030 g/mol. The van der Waals surface area contributed by atoms with Crippen molar-refractivity contribution in [3.05, 3.63) is 171 Å². The van der Waals surface area contributed by atoms with E-state index in [1.165, 1.54) is 153 Å². The number of rotatable bonds is 6. The average Bonchev–Trinajstić information content (AvgIpc) is 3.95. The van der Waals surface area contributed by atoms with Gasteiger partial charge < -0.3 is 14.4 Å². The Bertz CT molecular complexity index is 2670. The van der Waals surface area contributed by atoms with Crippen LogP contribution in [0.5, 0.6) is 0 Å². The Hall–Kier alpha value is -3.26. The van der Waals surface area contributed by atoms with Gasteiger partial charge in [0.2, 0.25) is 0 Å². The number of hydrogen-bond acceptors (Lipinski definition) is 0. The first-order valence-electron chi connectivity index (χ1n) is 25.4. The zero-order chi connectivity index (χ0) is 44.0. The van der Waals surface area contributed by atoms with Crippen LogP contribution >= 0.6 is 24.8 Å². The molecule has 0 aliphatic heterocycles. The minimum absolute atomic E-state index is 0. The molecule has 0 aromatic heterocycles. The molecule has 8 aliphatic rings. The molecule has 0 spiro atoms. The third-order valence-corrected chi connectivity index (χ3v) is 17.6. The molecule has 8 aromatic carbocycles. The van der Waals surface area contributed by atoms with Crippen LogP contribution in [0.1, 0.15) is 88.7 Å². The minimum atomic E-state index is 0. The Balaban J connectivity index is 0.000000162. The molecule has 2 radical (unpaired) electrons. The van der Waals surface area contributed by atoms with Crippen LogP contribution in [0, 0.1) is 73.5 Å². The van der Waals surface area contributed by atoms with E-state index in [9.17, 15) is 0 Å². The smallest absolute Gasteiger partial charge is 0.0114 e. The Labute approximate surface area is 437 Å². The van der Waals surface area contributed by atoms with Crippen LogP contribution in [0.15, 0.2) is 146 Å². The summed E-state index contributed by atoms with van der Waals surface area (Å²) < 4.78 is 0. The van der Waals surface area contributed by atoms with Crippen molar-refractivity contribution < 1.29 is 23.3 Å². The Morgan fingerprint density at radius 2 is 0.735 bits per heavy atom. The fourth-order valence-electron chi connectivity index (χ4n) is 15.5. The topological polar surface area (TPSA) is 0 Å². The van der Waals surface area contributed by atoms with E-state index >= 15 is 0 Å². The third-order valence-electron chi connectivity index (χ3n) is 17.6. The van der Waals surface area contributed by atoms with Gasteiger partial charge >= 0.3 is 30.2 Å². The molecule has 352 valence electrons. The van der Waals surface area contributed by atoms with Crippen LogP contribution in [0.3, 0.4) is 0 Å². The molecular formula is C64H70Cl2SiZr-4. The summed E-state index contributed by atoms with van der Waals surface area (Å²) in [6.07, 6.45) is 18.9. The van der Waals surface area contributed by atoms with Crippen LogP contribution in [0.2, 0.25) is 0 Å². The van der Waals surface area contributed by atoms with Crippen LogP contribution in [0.25, 0.3) is 65.3 Å². The van der Waals surface area contributed by atoms with Crippen molar-refractivity contribution in [1.29, 1.82) is 0 Å². The fourth-order valence-corrected chi connectivity index (χ4v) is 15.5. The Morgan fingerprint density at radius 1 is 0.441 bits per heavy atom. The zero-order valence-corrected chi connectivity index (χ0v) is 45.4. The van der Waals surface area contributed by atoms with Crippen molar-refractivity contribution in [1.82, 2.24) is 0 Å². The molecule has 8 aliphatic carbocycles. The van der Waals surface area contributed by atoms with Crippen molar-refractivity contribution in [2.75, 3.05) is 0 Å². The van der Waals surface area contributed by atoms with Gasteiger partial charge in [-0.05, 0) is 169 Å². The van der Waals surface area contributed by atoms with E-state index < -0.39 is 0 Å². The van der Waals surface area contributed by atoms with Crippen molar-refractivity contribution in [3.8, 4) is 22.3 Å². The molecule has 0 heterocycles. The van der Waals surface area contributed by atoms with Crippen LogP contribution in [-0.4, -0.2) is 6.88 Å². The molecule has 0 amide bonds. The van der Waals surface area contributed by atoms with Gasteiger partial charge in [-0.15, -0.1) is 93.9 Å². The molecule has 0 nitrogen and oxygen atoms in total. The first-order valence-corrected chi connectivity index (χ1v) is 29.6. The molecular weight excluding hydrogens is 959 g/mol. The van der Waals surface area contributed by atoms with Crippen molar-refractivity contribution in [3.63, 3.8) is 0 Å². The second-order valence-corrected chi connectivity index (χ2v) is 21.5. The third kappa shape index (κ3) is 9.99. The van der Waals surface area contributed by atoms with Crippen LogP contribution in [0.4, 0.5) is 0 Å². The van der Waals surface area contributed by atoms with Gasteiger partial charge in [0.1, 0.15) is 0 Å². The summed E-state index contributed by atoms with van der Waals surface area (Å²) in [5.74, 6) is 10.2. The van der Waals surface area contributed by atoms with E-state index in [1.807, 2.05) is 6.92 Å². The first kappa shape index (κ1) is 51.1. The van der Waals surface area contributed by atoms with E-state index in [0.717, 1.165) is 65.6 Å². The summed E-state index contributed by atoms with van der Waals surface area (Å²) in [5, 5.41) is 11.1. The molecule has 0 saturated heterocycles. The second-order valence-electron chi connectivity index (χ2n) is 21.5. The van der Waals surface area contributed by atoms with E-state index in [4.69, 9.17) is 0 Å². The molecule has 8 bridgehead atoms. The summed E-state index contributed by atoms with van der Waals surface area (Å²) >= 11 is 1.36. The molecule has 16 rings (SSSR count). The normalized spacial score (nSPS) is 26.6. The van der Waals surface area contributed by atoms with E-state index in [0.29, 0.717) is 0 Å². The van der Waals surface area contributed by atoms with Crippen LogP contribution in [-0.2, 0) is 36.2 Å². The molecule has 4 heteroatoms. The van der Waals surface area contributed by atoms with Gasteiger partial charge in [-0.2, -0.15) is 18.6 Å². The predicted octanol–water partition coefficient (Wildman–Crippen LogP) is 18.1. The van der Waals surface area contributed by atoms with Crippen molar-refractivity contribution >= 4 is 74.8 Å². The Kier molecular flexibility index (Phi) is 16.9. The largest absolute Gasteiger partial charge is 0.164 e. The molecule has 68 heavy (non-hydrogen) atoms. The maximum Gasteiger partial charge on any atom is -0.0114 e. The molecule has 8 saturated carbocycles.